The van der Waals surface area contributed by atoms with E-state index in [9.17, 15) is 8.42 Å². The molecule has 1 fully saturated rings. The van der Waals surface area contributed by atoms with Crippen molar-refractivity contribution in [3.05, 3.63) is 17.0 Å². The Morgan fingerprint density at radius 2 is 2.00 bits per heavy atom. The van der Waals surface area contributed by atoms with Gasteiger partial charge in [0.25, 0.3) is 10.0 Å². The van der Waals surface area contributed by atoms with E-state index in [1.54, 1.807) is 10.4 Å². The summed E-state index contributed by atoms with van der Waals surface area (Å²) in [6.07, 6.45) is 2.69. The van der Waals surface area contributed by atoms with E-state index in [1.807, 2.05) is 13.1 Å². The lowest BCUT2D eigenvalue weighted by Gasteiger charge is -2.34. The van der Waals surface area contributed by atoms with E-state index in [0.717, 1.165) is 30.7 Å². The largest absolute Gasteiger partial charge is 0.319 e. The van der Waals surface area contributed by atoms with Crippen LogP contribution in [0.5, 0.6) is 0 Å². The fourth-order valence-corrected chi connectivity index (χ4v) is 5.58. The van der Waals surface area contributed by atoms with E-state index >= 15 is 0 Å². The number of thiophene rings is 1. The van der Waals surface area contributed by atoms with Crippen molar-refractivity contribution < 1.29 is 8.42 Å². The minimum Gasteiger partial charge on any atom is -0.319 e. The summed E-state index contributed by atoms with van der Waals surface area (Å²) in [5.74, 6) is 0. The molecular weight excluding hydrogens is 306 g/mol. The highest BCUT2D eigenvalue weighted by Gasteiger charge is 2.30. The third-order valence-corrected chi connectivity index (χ3v) is 7.52. The van der Waals surface area contributed by atoms with Crippen LogP contribution in [-0.2, 0) is 16.4 Å². The highest BCUT2D eigenvalue weighted by Crippen LogP contribution is 2.27. The van der Waals surface area contributed by atoms with Gasteiger partial charge in [0.1, 0.15) is 4.21 Å². The molecule has 0 spiro atoms. The van der Waals surface area contributed by atoms with Gasteiger partial charge in [-0.15, -0.1) is 11.3 Å². The molecule has 0 amide bonds. The Morgan fingerprint density at radius 1 is 1.33 bits per heavy atom. The lowest BCUT2D eigenvalue weighted by Crippen LogP contribution is -2.44. The first-order valence-corrected chi connectivity index (χ1v) is 9.60. The second-order valence-corrected chi connectivity index (χ2v) is 9.01. The molecule has 2 heterocycles. The molecule has 0 aromatic carbocycles. The Bertz CT molecular complexity index is 546. The molecule has 0 unspecified atom stereocenters. The first-order valence-electron chi connectivity index (χ1n) is 7.35. The number of nitrogens with zero attached hydrogens (tertiary/aromatic N) is 2. The normalized spacial score (nSPS) is 18.5. The third-order valence-electron chi connectivity index (χ3n) is 4.01. The zero-order valence-electron chi connectivity index (χ0n) is 13.0. The van der Waals surface area contributed by atoms with Gasteiger partial charge in [0.05, 0.1) is 0 Å². The van der Waals surface area contributed by atoms with Crippen molar-refractivity contribution in [2.75, 3.05) is 40.8 Å². The van der Waals surface area contributed by atoms with Crippen LogP contribution in [0.4, 0.5) is 0 Å². The van der Waals surface area contributed by atoms with E-state index < -0.39 is 10.0 Å². The van der Waals surface area contributed by atoms with Crippen LogP contribution in [0.15, 0.2) is 16.3 Å². The van der Waals surface area contributed by atoms with Gasteiger partial charge in [-0.1, -0.05) is 0 Å². The van der Waals surface area contributed by atoms with E-state index in [1.165, 1.54) is 11.3 Å². The molecule has 0 bridgehead atoms. The zero-order chi connectivity index (χ0) is 15.5. The van der Waals surface area contributed by atoms with Gasteiger partial charge < -0.3 is 10.2 Å². The lowest BCUT2D eigenvalue weighted by molar-refractivity contribution is 0.197. The number of hydrogen-bond acceptors (Lipinski definition) is 5. The summed E-state index contributed by atoms with van der Waals surface area (Å²) >= 11 is 1.40. The Labute approximate surface area is 132 Å². The van der Waals surface area contributed by atoms with Gasteiger partial charge in [-0.25, -0.2) is 8.42 Å². The van der Waals surface area contributed by atoms with Crippen molar-refractivity contribution >= 4 is 21.4 Å². The molecule has 1 aliphatic heterocycles. The van der Waals surface area contributed by atoms with Crippen LogP contribution in [0.1, 0.15) is 17.7 Å². The summed E-state index contributed by atoms with van der Waals surface area (Å²) in [6.45, 7) is 2.11. The monoisotopic (exact) mass is 331 g/mol. The molecule has 0 radical (unpaired) electrons. The Hall–Kier alpha value is -0.470. The SMILES string of the molecule is CNCCc1ccc(S(=O)(=O)N2CCC(N(C)C)CC2)s1. The third kappa shape index (κ3) is 4.04. The van der Waals surface area contributed by atoms with E-state index in [-0.39, 0.29) is 0 Å². The van der Waals surface area contributed by atoms with Crippen molar-refractivity contribution in [3.8, 4) is 0 Å². The first kappa shape index (κ1) is 16.9. The summed E-state index contributed by atoms with van der Waals surface area (Å²) in [7, 11) is 2.72. The van der Waals surface area contributed by atoms with Crippen molar-refractivity contribution in [3.63, 3.8) is 0 Å². The van der Waals surface area contributed by atoms with Gasteiger partial charge in [0, 0.05) is 24.0 Å². The number of sulfonamides is 1. The van der Waals surface area contributed by atoms with Crippen LogP contribution in [0, 0.1) is 0 Å². The molecule has 2 rings (SSSR count). The van der Waals surface area contributed by atoms with E-state index in [4.69, 9.17) is 0 Å². The molecule has 0 saturated carbocycles. The maximum absolute atomic E-state index is 12.7. The predicted molar refractivity (Wildman–Crippen MR) is 87.4 cm³/mol. The van der Waals surface area contributed by atoms with Gasteiger partial charge in [0.2, 0.25) is 0 Å². The predicted octanol–water partition coefficient (Wildman–Crippen LogP) is 1.22. The molecule has 0 atom stereocenters. The van der Waals surface area contributed by atoms with Crippen LogP contribution in [0.25, 0.3) is 0 Å². The zero-order valence-corrected chi connectivity index (χ0v) is 14.6. The standard InChI is InChI=1S/C14H25N3O2S2/c1-15-9-6-13-4-5-14(20-13)21(18,19)17-10-7-12(8-11-17)16(2)3/h4-5,12,15H,6-11H2,1-3H3. The molecule has 7 heteroatoms. The fourth-order valence-electron chi connectivity index (χ4n) is 2.61. The van der Waals surface area contributed by atoms with E-state index in [2.05, 4.69) is 24.3 Å². The molecule has 1 aliphatic rings. The van der Waals surface area contributed by atoms with Gasteiger partial charge >= 0.3 is 0 Å². The summed E-state index contributed by atoms with van der Waals surface area (Å²) in [5, 5.41) is 3.09. The molecule has 0 aliphatic carbocycles. The summed E-state index contributed by atoms with van der Waals surface area (Å²) in [6, 6.07) is 4.18. The average Bonchev–Trinajstić information content (AvgIpc) is 2.94. The maximum atomic E-state index is 12.7. The molecule has 21 heavy (non-hydrogen) atoms. The molecule has 5 nitrogen and oxygen atoms in total. The van der Waals surface area contributed by atoms with Gasteiger partial charge in [0.15, 0.2) is 0 Å². The summed E-state index contributed by atoms with van der Waals surface area (Å²) < 4.78 is 27.4. The van der Waals surface area contributed by atoms with Crippen LogP contribution in [0.2, 0.25) is 0 Å². The Balaban J connectivity index is 2.03. The number of nitrogens with one attached hydrogen (secondary N) is 1. The minimum absolute atomic E-state index is 0.483. The van der Waals surface area contributed by atoms with Crippen LogP contribution < -0.4 is 5.32 Å². The van der Waals surface area contributed by atoms with Gasteiger partial charge in [-0.05, 0) is 59.1 Å². The molecule has 1 N–H and O–H groups in total. The molecule has 1 saturated heterocycles. The van der Waals surface area contributed by atoms with Gasteiger partial charge in [-0.2, -0.15) is 4.31 Å². The quantitative estimate of drug-likeness (QED) is 0.852. The smallest absolute Gasteiger partial charge is 0.252 e. The Kier molecular flexibility index (Phi) is 5.79. The Morgan fingerprint density at radius 3 is 2.57 bits per heavy atom. The van der Waals surface area contributed by atoms with Gasteiger partial charge in [-0.3, -0.25) is 0 Å². The van der Waals surface area contributed by atoms with Crippen LogP contribution >= 0.6 is 11.3 Å². The van der Waals surface area contributed by atoms with Crippen LogP contribution in [-0.4, -0.2) is 64.4 Å². The van der Waals surface area contributed by atoms with E-state index in [0.29, 0.717) is 23.3 Å². The van der Waals surface area contributed by atoms with Crippen LogP contribution in [0.3, 0.4) is 0 Å². The number of hydrogen-bond donors (Lipinski definition) is 1. The van der Waals surface area contributed by atoms with Crippen molar-refractivity contribution in [1.82, 2.24) is 14.5 Å². The molecule has 1 aromatic heterocycles. The van der Waals surface area contributed by atoms with Crippen molar-refractivity contribution in [1.29, 1.82) is 0 Å². The maximum Gasteiger partial charge on any atom is 0.252 e. The van der Waals surface area contributed by atoms with Crippen molar-refractivity contribution in [2.45, 2.75) is 29.5 Å². The number of likely N-dealkylation sites (N-methyl/N-ethyl adjacent to an activating group) is 1. The van der Waals surface area contributed by atoms with Crippen molar-refractivity contribution in [2.24, 2.45) is 0 Å². The minimum atomic E-state index is -3.30. The molecular formula is C14H25N3O2S2. The first-order chi connectivity index (χ1) is 9.95. The second-order valence-electron chi connectivity index (χ2n) is 5.67. The summed E-state index contributed by atoms with van der Waals surface area (Å²) in [4.78, 5) is 3.30. The number of piperidine rings is 1. The topological polar surface area (TPSA) is 52.7 Å². The average molecular weight is 332 g/mol. The molecule has 1 aromatic rings. The number of rotatable bonds is 6. The summed E-state index contributed by atoms with van der Waals surface area (Å²) in [5.41, 5.74) is 0. The molecule has 120 valence electrons. The highest BCUT2D eigenvalue weighted by molar-refractivity contribution is 7.91. The fraction of sp³-hybridized carbons (Fsp3) is 0.714. The highest BCUT2D eigenvalue weighted by atomic mass is 32.2. The lowest BCUT2D eigenvalue weighted by atomic mass is 10.1. The second kappa shape index (κ2) is 7.19.